The number of para-hydroxylation sites is 1. The molecule has 0 saturated carbocycles. The van der Waals surface area contributed by atoms with E-state index < -0.39 is 0 Å². The number of aromatic nitrogens is 4. The van der Waals surface area contributed by atoms with Crippen molar-refractivity contribution in [2.75, 3.05) is 38.3 Å². The van der Waals surface area contributed by atoms with Gasteiger partial charge in [0.25, 0.3) is 5.91 Å². The lowest BCUT2D eigenvalue weighted by Gasteiger charge is -2.26. The maximum atomic E-state index is 12.8. The molecular formula is C31H26N6O2. The molecule has 3 aromatic heterocycles. The van der Waals surface area contributed by atoms with E-state index >= 15 is 0 Å². The molecule has 0 unspecified atom stereocenters. The van der Waals surface area contributed by atoms with Crippen LogP contribution in [0.5, 0.6) is 0 Å². The Bertz CT molecular complexity index is 1680. The summed E-state index contributed by atoms with van der Waals surface area (Å²) in [4.78, 5) is 25.6. The van der Waals surface area contributed by atoms with Gasteiger partial charge in [-0.1, -0.05) is 36.3 Å². The first kappa shape index (κ1) is 24.3. The van der Waals surface area contributed by atoms with Crippen molar-refractivity contribution in [3.05, 3.63) is 108 Å². The minimum absolute atomic E-state index is 0.0228. The molecule has 1 saturated heterocycles. The van der Waals surface area contributed by atoms with E-state index in [0.29, 0.717) is 43.2 Å². The molecule has 8 nitrogen and oxygen atoms in total. The van der Waals surface area contributed by atoms with Gasteiger partial charge in [0, 0.05) is 48.7 Å². The smallest absolute Gasteiger partial charge is 0.254 e. The number of rotatable bonds is 4. The number of hydrogen-bond donors (Lipinski definition) is 0. The molecule has 39 heavy (non-hydrogen) atoms. The molecule has 5 aromatic rings. The van der Waals surface area contributed by atoms with Crippen LogP contribution in [-0.2, 0) is 4.74 Å². The number of carbonyl (C=O) groups is 1. The van der Waals surface area contributed by atoms with Gasteiger partial charge in [0.2, 0.25) is 0 Å². The van der Waals surface area contributed by atoms with Crippen LogP contribution in [0.4, 0.5) is 11.5 Å². The number of fused-ring (bicyclic) bond motifs is 1. The fourth-order valence-corrected chi connectivity index (χ4v) is 4.44. The van der Waals surface area contributed by atoms with Gasteiger partial charge >= 0.3 is 0 Å². The quantitative estimate of drug-likeness (QED) is 0.330. The summed E-state index contributed by atoms with van der Waals surface area (Å²) >= 11 is 0. The van der Waals surface area contributed by atoms with E-state index in [4.69, 9.17) is 9.84 Å². The lowest BCUT2D eigenvalue weighted by atomic mass is 10.1. The summed E-state index contributed by atoms with van der Waals surface area (Å²) in [6, 6.07) is 25.3. The van der Waals surface area contributed by atoms with Crippen molar-refractivity contribution >= 4 is 23.1 Å². The number of nitrogens with zero attached hydrogens (tertiary/aromatic N) is 6. The highest BCUT2D eigenvalue weighted by Crippen LogP contribution is 2.22. The maximum Gasteiger partial charge on any atom is 0.254 e. The first-order chi connectivity index (χ1) is 19.2. The van der Waals surface area contributed by atoms with Crippen LogP contribution >= 0.6 is 0 Å². The molecule has 1 aliphatic rings. The second-order valence-corrected chi connectivity index (χ2v) is 9.16. The molecule has 1 fully saturated rings. The van der Waals surface area contributed by atoms with Crippen LogP contribution in [0.1, 0.15) is 21.6 Å². The van der Waals surface area contributed by atoms with Crippen molar-refractivity contribution in [3.8, 4) is 23.1 Å². The van der Waals surface area contributed by atoms with E-state index in [1.165, 1.54) is 0 Å². The van der Waals surface area contributed by atoms with Gasteiger partial charge in [-0.2, -0.15) is 5.10 Å². The molecule has 2 aromatic carbocycles. The Morgan fingerprint density at radius 3 is 2.51 bits per heavy atom. The number of imidazole rings is 1. The molecule has 1 aliphatic heterocycles. The normalized spacial score (nSPS) is 13.1. The fourth-order valence-electron chi connectivity index (χ4n) is 4.44. The highest BCUT2D eigenvalue weighted by atomic mass is 16.5. The standard InChI is InChI=1S/C31H26N6O2/c1-35(26-5-3-2-4-6-26)30-21-23(15-16-32-30)7-12-27-22-33-29-14-13-28(34-37(27)29)24-8-10-25(11-9-24)31(38)36-17-19-39-20-18-36/h2-6,8-11,13-16,21-22H,17-20H2,1H3. The molecule has 192 valence electrons. The van der Waals surface area contributed by atoms with Gasteiger partial charge in [-0.3, -0.25) is 4.79 Å². The number of pyridine rings is 1. The number of ether oxygens (including phenoxy) is 1. The zero-order valence-electron chi connectivity index (χ0n) is 21.5. The first-order valence-corrected chi connectivity index (χ1v) is 12.7. The number of anilines is 2. The first-order valence-electron chi connectivity index (χ1n) is 12.7. The Hall–Kier alpha value is -5.00. The van der Waals surface area contributed by atoms with Crippen LogP contribution in [0.3, 0.4) is 0 Å². The molecular weight excluding hydrogens is 488 g/mol. The summed E-state index contributed by atoms with van der Waals surface area (Å²) in [7, 11) is 1.98. The Labute approximate surface area is 226 Å². The SMILES string of the molecule is CN(c1ccccc1)c1cc(C#Cc2cnc3ccc(-c4ccc(C(=O)N5CCOCC5)cc4)nn23)ccn1. The van der Waals surface area contributed by atoms with Crippen LogP contribution < -0.4 is 4.90 Å². The van der Waals surface area contributed by atoms with Crippen molar-refractivity contribution < 1.29 is 9.53 Å². The van der Waals surface area contributed by atoms with Crippen molar-refractivity contribution in [1.29, 1.82) is 0 Å². The van der Waals surface area contributed by atoms with Crippen molar-refractivity contribution in [1.82, 2.24) is 24.5 Å². The molecule has 8 heteroatoms. The number of hydrogen-bond acceptors (Lipinski definition) is 6. The van der Waals surface area contributed by atoms with Crippen LogP contribution in [0.15, 0.2) is 91.3 Å². The van der Waals surface area contributed by atoms with Gasteiger partial charge in [0.15, 0.2) is 5.65 Å². The topological polar surface area (TPSA) is 75.9 Å². The molecule has 0 spiro atoms. The van der Waals surface area contributed by atoms with E-state index in [1.54, 1.807) is 16.9 Å². The fraction of sp³-hybridized carbons (Fsp3) is 0.161. The lowest BCUT2D eigenvalue weighted by Crippen LogP contribution is -2.40. The Morgan fingerprint density at radius 1 is 0.923 bits per heavy atom. The Morgan fingerprint density at radius 2 is 1.72 bits per heavy atom. The Balaban J connectivity index is 1.24. The van der Waals surface area contributed by atoms with E-state index in [1.807, 2.05) is 95.7 Å². The van der Waals surface area contributed by atoms with E-state index in [2.05, 4.69) is 21.8 Å². The molecule has 0 radical (unpaired) electrons. The zero-order valence-corrected chi connectivity index (χ0v) is 21.5. The van der Waals surface area contributed by atoms with Crippen LogP contribution in [-0.4, -0.2) is 63.7 Å². The average molecular weight is 515 g/mol. The monoisotopic (exact) mass is 514 g/mol. The second-order valence-electron chi connectivity index (χ2n) is 9.16. The summed E-state index contributed by atoms with van der Waals surface area (Å²) in [5.41, 5.74) is 5.62. The summed E-state index contributed by atoms with van der Waals surface area (Å²) in [6.07, 6.45) is 3.48. The highest BCUT2D eigenvalue weighted by Gasteiger charge is 2.18. The highest BCUT2D eigenvalue weighted by molar-refractivity contribution is 5.94. The molecule has 4 heterocycles. The summed E-state index contributed by atoms with van der Waals surface area (Å²) in [5.74, 6) is 7.27. The molecule has 0 N–H and O–H groups in total. The number of amides is 1. The van der Waals surface area contributed by atoms with Crippen LogP contribution in [0.25, 0.3) is 16.9 Å². The molecule has 6 rings (SSSR count). The summed E-state index contributed by atoms with van der Waals surface area (Å²) < 4.78 is 7.09. The van der Waals surface area contributed by atoms with Crippen molar-refractivity contribution in [2.45, 2.75) is 0 Å². The third kappa shape index (κ3) is 5.21. The van der Waals surface area contributed by atoms with Gasteiger partial charge in [-0.25, -0.2) is 14.5 Å². The second kappa shape index (κ2) is 10.8. The minimum atomic E-state index is 0.0228. The van der Waals surface area contributed by atoms with E-state index in [-0.39, 0.29) is 5.91 Å². The number of benzene rings is 2. The average Bonchev–Trinajstić information content (AvgIpc) is 3.42. The van der Waals surface area contributed by atoms with Gasteiger partial charge in [-0.15, -0.1) is 0 Å². The number of morpholine rings is 1. The number of carbonyl (C=O) groups excluding carboxylic acids is 1. The summed E-state index contributed by atoms with van der Waals surface area (Å²) in [6.45, 7) is 2.40. The van der Waals surface area contributed by atoms with Crippen molar-refractivity contribution in [2.24, 2.45) is 0 Å². The van der Waals surface area contributed by atoms with Gasteiger partial charge in [0.05, 0.1) is 25.1 Å². The van der Waals surface area contributed by atoms with E-state index in [0.717, 1.165) is 28.3 Å². The maximum absolute atomic E-state index is 12.8. The predicted octanol–water partition coefficient (Wildman–Crippen LogP) is 4.43. The molecule has 0 aliphatic carbocycles. The van der Waals surface area contributed by atoms with Crippen LogP contribution in [0, 0.1) is 11.8 Å². The van der Waals surface area contributed by atoms with Gasteiger partial charge in [0.1, 0.15) is 11.5 Å². The Kier molecular flexibility index (Phi) is 6.73. The predicted molar refractivity (Wildman–Crippen MR) is 150 cm³/mol. The minimum Gasteiger partial charge on any atom is -0.378 e. The molecule has 0 bridgehead atoms. The van der Waals surface area contributed by atoms with Gasteiger partial charge < -0.3 is 14.5 Å². The summed E-state index contributed by atoms with van der Waals surface area (Å²) in [5, 5.41) is 4.79. The zero-order chi connectivity index (χ0) is 26.6. The molecule has 0 atom stereocenters. The van der Waals surface area contributed by atoms with E-state index in [9.17, 15) is 4.79 Å². The third-order valence-corrected chi connectivity index (χ3v) is 6.66. The lowest BCUT2D eigenvalue weighted by molar-refractivity contribution is 0.0303. The largest absolute Gasteiger partial charge is 0.378 e. The van der Waals surface area contributed by atoms with Gasteiger partial charge in [-0.05, 0) is 54.5 Å². The van der Waals surface area contributed by atoms with Crippen molar-refractivity contribution in [3.63, 3.8) is 0 Å². The molecule has 1 amide bonds. The third-order valence-electron chi connectivity index (χ3n) is 6.66. The van der Waals surface area contributed by atoms with Crippen LogP contribution in [0.2, 0.25) is 0 Å².